The fraction of sp³-hybridized carbons (Fsp3) is 0.609. The Labute approximate surface area is 180 Å². The molecule has 0 aliphatic carbocycles. The zero-order valence-electron chi connectivity index (χ0n) is 18.3. The van der Waals surface area contributed by atoms with Crippen molar-refractivity contribution in [2.75, 3.05) is 19.6 Å². The molecule has 0 spiro atoms. The van der Waals surface area contributed by atoms with E-state index in [1.54, 1.807) is 0 Å². The maximum atomic E-state index is 4.97. The van der Waals surface area contributed by atoms with Crippen LogP contribution in [-0.4, -0.2) is 57.3 Å². The zero-order chi connectivity index (χ0) is 20.8. The van der Waals surface area contributed by atoms with Gasteiger partial charge in [-0.3, -0.25) is 9.89 Å². The van der Waals surface area contributed by atoms with Gasteiger partial charge in [0.15, 0.2) is 11.8 Å². The molecule has 2 aliphatic heterocycles. The maximum absolute atomic E-state index is 4.97. The van der Waals surface area contributed by atoms with Crippen LogP contribution in [0, 0.1) is 0 Å². The minimum Gasteiger partial charge on any atom is -0.357 e. The van der Waals surface area contributed by atoms with Gasteiger partial charge in [-0.05, 0) is 38.3 Å². The normalized spacial score (nSPS) is 22.1. The number of nitrogens with one attached hydrogen (secondary N) is 2. The molecule has 7 nitrogen and oxygen atoms in total. The van der Waals surface area contributed by atoms with Crippen LogP contribution in [0.15, 0.2) is 35.3 Å². The Kier molecular flexibility index (Phi) is 7.00. The SMILES string of the molecule is CCNC(=NCC1CCCN1Cc1ccccc1)NC1CCc2nc(CC)nn2C1. The Morgan fingerprint density at radius 3 is 2.87 bits per heavy atom. The molecule has 2 unspecified atom stereocenters. The van der Waals surface area contributed by atoms with Crippen molar-refractivity contribution in [1.29, 1.82) is 0 Å². The average Bonchev–Trinajstić information content (AvgIpc) is 3.39. The summed E-state index contributed by atoms with van der Waals surface area (Å²) in [7, 11) is 0. The molecule has 4 rings (SSSR count). The van der Waals surface area contributed by atoms with E-state index < -0.39 is 0 Å². The van der Waals surface area contributed by atoms with Crippen molar-refractivity contribution in [3.63, 3.8) is 0 Å². The van der Waals surface area contributed by atoms with Gasteiger partial charge in [-0.15, -0.1) is 0 Å². The third-order valence-electron chi connectivity index (χ3n) is 6.09. The van der Waals surface area contributed by atoms with Gasteiger partial charge < -0.3 is 10.6 Å². The van der Waals surface area contributed by atoms with Crippen LogP contribution in [0.4, 0.5) is 0 Å². The molecule has 30 heavy (non-hydrogen) atoms. The lowest BCUT2D eigenvalue weighted by atomic mass is 10.1. The van der Waals surface area contributed by atoms with Gasteiger partial charge in [0.1, 0.15) is 5.82 Å². The van der Waals surface area contributed by atoms with Crippen LogP contribution in [0.2, 0.25) is 0 Å². The van der Waals surface area contributed by atoms with Crippen LogP contribution < -0.4 is 10.6 Å². The zero-order valence-corrected chi connectivity index (χ0v) is 18.3. The summed E-state index contributed by atoms with van der Waals surface area (Å²) in [5.74, 6) is 2.99. The van der Waals surface area contributed by atoms with Crippen LogP contribution in [-0.2, 0) is 25.9 Å². The van der Waals surface area contributed by atoms with Gasteiger partial charge in [0.2, 0.25) is 0 Å². The molecule has 0 radical (unpaired) electrons. The van der Waals surface area contributed by atoms with Crippen LogP contribution in [0.25, 0.3) is 0 Å². The number of rotatable bonds is 7. The first-order valence-corrected chi connectivity index (χ1v) is 11.5. The Balaban J connectivity index is 1.35. The highest BCUT2D eigenvalue weighted by Gasteiger charge is 2.25. The fourth-order valence-corrected chi connectivity index (χ4v) is 4.47. The predicted octanol–water partition coefficient (Wildman–Crippen LogP) is 2.38. The largest absolute Gasteiger partial charge is 0.357 e. The van der Waals surface area contributed by atoms with E-state index >= 15 is 0 Å². The number of nitrogens with zero attached hydrogens (tertiary/aromatic N) is 5. The lowest BCUT2D eigenvalue weighted by molar-refractivity contribution is 0.250. The highest BCUT2D eigenvalue weighted by Crippen LogP contribution is 2.20. The minimum atomic E-state index is 0.339. The van der Waals surface area contributed by atoms with Gasteiger partial charge in [0, 0.05) is 38.0 Å². The van der Waals surface area contributed by atoms with E-state index in [4.69, 9.17) is 4.99 Å². The molecule has 2 aliphatic rings. The summed E-state index contributed by atoms with van der Waals surface area (Å²) in [4.78, 5) is 12.2. The lowest BCUT2D eigenvalue weighted by Gasteiger charge is -2.26. The van der Waals surface area contributed by atoms with Gasteiger partial charge in [0.25, 0.3) is 0 Å². The van der Waals surface area contributed by atoms with E-state index in [-0.39, 0.29) is 0 Å². The summed E-state index contributed by atoms with van der Waals surface area (Å²) in [6, 6.07) is 11.6. The van der Waals surface area contributed by atoms with Crippen LogP contribution in [0.1, 0.15) is 50.3 Å². The highest BCUT2D eigenvalue weighted by atomic mass is 15.4. The first-order chi connectivity index (χ1) is 14.7. The highest BCUT2D eigenvalue weighted by molar-refractivity contribution is 5.80. The Hall–Kier alpha value is -2.41. The van der Waals surface area contributed by atoms with Gasteiger partial charge in [-0.25, -0.2) is 9.67 Å². The quantitative estimate of drug-likeness (QED) is 0.543. The van der Waals surface area contributed by atoms with Crippen molar-refractivity contribution in [2.24, 2.45) is 4.99 Å². The van der Waals surface area contributed by atoms with Crippen molar-refractivity contribution in [3.8, 4) is 0 Å². The number of guanidine groups is 1. The molecule has 1 aromatic heterocycles. The molecule has 2 aromatic rings. The number of hydrogen-bond acceptors (Lipinski definition) is 4. The minimum absolute atomic E-state index is 0.339. The van der Waals surface area contributed by atoms with Crippen molar-refractivity contribution >= 4 is 5.96 Å². The lowest BCUT2D eigenvalue weighted by Crippen LogP contribution is -2.47. The summed E-state index contributed by atoms with van der Waals surface area (Å²) in [5.41, 5.74) is 1.38. The molecule has 1 aromatic carbocycles. The summed E-state index contributed by atoms with van der Waals surface area (Å²) in [6.07, 6.45) is 5.41. The van der Waals surface area contributed by atoms with Gasteiger partial charge in [-0.1, -0.05) is 37.3 Å². The number of fused-ring (bicyclic) bond motifs is 1. The average molecular weight is 410 g/mol. The van der Waals surface area contributed by atoms with E-state index in [0.29, 0.717) is 12.1 Å². The molecule has 0 amide bonds. The molecule has 7 heteroatoms. The number of benzene rings is 1. The Morgan fingerprint density at radius 1 is 1.20 bits per heavy atom. The molecule has 3 heterocycles. The van der Waals surface area contributed by atoms with Gasteiger partial charge >= 0.3 is 0 Å². The molecular weight excluding hydrogens is 374 g/mol. The van der Waals surface area contributed by atoms with E-state index in [1.165, 1.54) is 18.4 Å². The van der Waals surface area contributed by atoms with Gasteiger partial charge in [0.05, 0.1) is 13.1 Å². The van der Waals surface area contributed by atoms with E-state index in [0.717, 1.165) is 69.6 Å². The van der Waals surface area contributed by atoms with E-state index in [2.05, 4.69) is 74.5 Å². The maximum Gasteiger partial charge on any atom is 0.191 e. The van der Waals surface area contributed by atoms with Crippen LogP contribution in [0.5, 0.6) is 0 Å². The third-order valence-corrected chi connectivity index (χ3v) is 6.09. The number of hydrogen-bond donors (Lipinski definition) is 2. The number of aromatic nitrogens is 3. The predicted molar refractivity (Wildman–Crippen MR) is 120 cm³/mol. The van der Waals surface area contributed by atoms with Crippen molar-refractivity contribution < 1.29 is 0 Å². The molecule has 162 valence electrons. The molecular formula is C23H35N7. The summed E-state index contributed by atoms with van der Waals surface area (Å²) in [6.45, 7) is 8.97. The molecule has 0 saturated carbocycles. The van der Waals surface area contributed by atoms with Crippen molar-refractivity contribution in [3.05, 3.63) is 47.5 Å². The van der Waals surface area contributed by atoms with Crippen molar-refractivity contribution in [1.82, 2.24) is 30.3 Å². The fourth-order valence-electron chi connectivity index (χ4n) is 4.47. The standard InChI is InChI=1S/C23H35N7/c1-3-21-27-22-13-12-19(17-30(22)28-21)26-23(24-4-2)25-15-20-11-8-14-29(20)16-18-9-6-5-7-10-18/h5-7,9-10,19-20H,3-4,8,11-17H2,1-2H3,(H2,24,25,26). The topological polar surface area (TPSA) is 70.4 Å². The first kappa shape index (κ1) is 20.8. The summed E-state index contributed by atoms with van der Waals surface area (Å²) >= 11 is 0. The van der Waals surface area contributed by atoms with Gasteiger partial charge in [-0.2, -0.15) is 5.10 Å². The second-order valence-electron chi connectivity index (χ2n) is 8.33. The monoisotopic (exact) mass is 409 g/mol. The molecule has 1 saturated heterocycles. The Bertz CT molecular complexity index is 829. The van der Waals surface area contributed by atoms with Crippen LogP contribution >= 0.6 is 0 Å². The Morgan fingerprint density at radius 2 is 2.07 bits per heavy atom. The third kappa shape index (κ3) is 5.19. The molecule has 1 fully saturated rings. The van der Waals surface area contributed by atoms with Crippen LogP contribution in [0.3, 0.4) is 0 Å². The molecule has 2 N–H and O–H groups in total. The summed E-state index contributed by atoms with van der Waals surface area (Å²) in [5, 5.41) is 11.7. The summed E-state index contributed by atoms with van der Waals surface area (Å²) < 4.78 is 2.07. The second-order valence-corrected chi connectivity index (χ2v) is 8.33. The van der Waals surface area contributed by atoms with Crippen molar-refractivity contribution in [2.45, 2.75) is 71.1 Å². The number of aliphatic imine (C=N–C) groups is 1. The first-order valence-electron chi connectivity index (χ1n) is 11.5. The smallest absolute Gasteiger partial charge is 0.191 e. The van der Waals surface area contributed by atoms with E-state index in [1.807, 2.05) is 0 Å². The second kappa shape index (κ2) is 10.1. The molecule has 0 bridgehead atoms. The molecule has 2 atom stereocenters. The number of aryl methyl sites for hydroxylation is 2. The van der Waals surface area contributed by atoms with E-state index in [9.17, 15) is 0 Å². The number of likely N-dealkylation sites (tertiary alicyclic amines) is 1.